The molecule has 1 rings (SSSR count). The zero-order valence-electron chi connectivity index (χ0n) is 8.23. The Morgan fingerprint density at radius 3 is 2.47 bits per heavy atom. The van der Waals surface area contributed by atoms with Crippen molar-refractivity contribution >= 4 is 5.97 Å². The molecule has 1 atom stereocenters. The van der Waals surface area contributed by atoms with E-state index in [4.69, 9.17) is 10.4 Å². The van der Waals surface area contributed by atoms with Crippen LogP contribution in [0.15, 0.2) is 24.3 Å². The highest BCUT2D eigenvalue weighted by molar-refractivity contribution is 5.80. The molecule has 0 amide bonds. The van der Waals surface area contributed by atoms with Gasteiger partial charge >= 0.3 is 12.3 Å². The molecule has 4 nitrogen and oxygen atoms in total. The Morgan fingerprint density at radius 2 is 2.00 bits per heavy atom. The van der Waals surface area contributed by atoms with Crippen molar-refractivity contribution in [2.45, 2.75) is 12.3 Å². The molecule has 17 heavy (non-hydrogen) atoms. The van der Waals surface area contributed by atoms with Crippen LogP contribution < -0.4 is 4.74 Å². The molecule has 0 saturated heterocycles. The Kier molecular flexibility index (Phi) is 3.58. The maximum absolute atomic E-state index is 12.0. The summed E-state index contributed by atoms with van der Waals surface area (Å²) in [5.41, 5.74) is -0.333. The summed E-state index contributed by atoms with van der Waals surface area (Å²) < 4.78 is 39.8. The third kappa shape index (κ3) is 3.38. The fourth-order valence-electron chi connectivity index (χ4n) is 1.19. The highest BCUT2D eigenvalue weighted by atomic mass is 19.4. The highest BCUT2D eigenvalue weighted by Crippen LogP contribution is 2.31. The van der Waals surface area contributed by atoms with Crippen molar-refractivity contribution in [1.82, 2.24) is 0 Å². The molecule has 90 valence electrons. The summed E-state index contributed by atoms with van der Waals surface area (Å²) in [5, 5.41) is 17.3. The summed E-state index contributed by atoms with van der Waals surface area (Å²) in [4.78, 5) is 10.7. The number of carbonyl (C=O) groups is 1. The monoisotopic (exact) mass is 245 g/mol. The van der Waals surface area contributed by atoms with Crippen LogP contribution in [0.1, 0.15) is 11.5 Å². The fourth-order valence-corrected chi connectivity index (χ4v) is 1.19. The van der Waals surface area contributed by atoms with Crippen LogP contribution in [0.5, 0.6) is 5.75 Å². The molecule has 1 N–H and O–H groups in total. The number of carboxylic acid groups (broad SMARTS) is 1. The van der Waals surface area contributed by atoms with Crippen LogP contribution in [0.3, 0.4) is 0 Å². The summed E-state index contributed by atoms with van der Waals surface area (Å²) in [6, 6.07) is 6.03. The molecule has 0 radical (unpaired) electrons. The Labute approximate surface area is 93.8 Å². The van der Waals surface area contributed by atoms with E-state index in [2.05, 4.69) is 4.74 Å². The van der Waals surface area contributed by atoms with Gasteiger partial charge in [-0.05, 0) is 6.07 Å². The molecule has 0 spiro atoms. The second-order valence-corrected chi connectivity index (χ2v) is 2.99. The molecule has 1 aromatic rings. The maximum Gasteiger partial charge on any atom is 0.573 e. The minimum atomic E-state index is -4.94. The van der Waals surface area contributed by atoms with Gasteiger partial charge in [-0.25, -0.2) is 0 Å². The van der Waals surface area contributed by atoms with E-state index in [-0.39, 0.29) is 5.56 Å². The van der Waals surface area contributed by atoms with Gasteiger partial charge < -0.3 is 9.84 Å². The van der Waals surface area contributed by atoms with Crippen molar-refractivity contribution in [1.29, 1.82) is 5.26 Å². The maximum atomic E-state index is 12.0. The first-order valence-corrected chi connectivity index (χ1v) is 4.32. The number of alkyl halides is 3. The normalized spacial score (nSPS) is 12.6. The van der Waals surface area contributed by atoms with Gasteiger partial charge in [0.25, 0.3) is 0 Å². The number of nitrogens with zero attached hydrogens (tertiary/aromatic N) is 1. The molecule has 0 heterocycles. The largest absolute Gasteiger partial charge is 0.573 e. The Morgan fingerprint density at radius 1 is 1.41 bits per heavy atom. The number of aliphatic carboxylic acids is 1. The first-order chi connectivity index (χ1) is 7.85. The molecule has 0 fully saturated rings. The van der Waals surface area contributed by atoms with Crippen LogP contribution in [0, 0.1) is 11.3 Å². The summed E-state index contributed by atoms with van der Waals surface area (Å²) >= 11 is 0. The van der Waals surface area contributed by atoms with Crippen LogP contribution in [-0.4, -0.2) is 17.4 Å². The van der Waals surface area contributed by atoms with Gasteiger partial charge in [0.1, 0.15) is 5.75 Å². The van der Waals surface area contributed by atoms with Crippen molar-refractivity contribution in [3.05, 3.63) is 29.8 Å². The van der Waals surface area contributed by atoms with E-state index in [1.807, 2.05) is 0 Å². The lowest BCUT2D eigenvalue weighted by molar-refractivity contribution is -0.275. The quantitative estimate of drug-likeness (QED) is 0.886. The number of hydrogen-bond donors (Lipinski definition) is 1. The smallest absolute Gasteiger partial charge is 0.480 e. The average Bonchev–Trinajstić information content (AvgIpc) is 2.18. The SMILES string of the molecule is N#CC(C(=O)O)c1ccccc1OC(F)(F)F. The lowest BCUT2D eigenvalue weighted by atomic mass is 10.00. The molecular weight excluding hydrogens is 239 g/mol. The van der Waals surface area contributed by atoms with Crippen LogP contribution in [0.2, 0.25) is 0 Å². The third-order valence-electron chi connectivity index (χ3n) is 1.83. The van der Waals surface area contributed by atoms with Gasteiger partial charge in [-0.3, -0.25) is 4.79 Å². The van der Waals surface area contributed by atoms with Crippen LogP contribution in [0.4, 0.5) is 13.2 Å². The van der Waals surface area contributed by atoms with Crippen molar-refractivity contribution in [2.75, 3.05) is 0 Å². The molecular formula is C10H6F3NO3. The number of nitriles is 1. The second kappa shape index (κ2) is 4.74. The van der Waals surface area contributed by atoms with Gasteiger partial charge in [0.2, 0.25) is 0 Å². The minimum absolute atomic E-state index is 0.333. The van der Waals surface area contributed by atoms with Gasteiger partial charge in [0, 0.05) is 5.56 Å². The number of hydrogen-bond acceptors (Lipinski definition) is 3. The first kappa shape index (κ1) is 12.8. The molecule has 0 saturated carbocycles. The second-order valence-electron chi connectivity index (χ2n) is 2.99. The summed E-state index contributed by atoms with van der Waals surface area (Å²) in [5.74, 6) is -3.92. The third-order valence-corrected chi connectivity index (χ3v) is 1.83. The van der Waals surface area contributed by atoms with Gasteiger partial charge in [-0.15, -0.1) is 13.2 Å². The number of para-hydroxylation sites is 1. The van der Waals surface area contributed by atoms with E-state index >= 15 is 0 Å². The van der Waals surface area contributed by atoms with E-state index < -0.39 is 24.0 Å². The standard InChI is InChI=1S/C10H6F3NO3/c11-10(12,13)17-8-4-2-1-3-6(8)7(5-14)9(15)16/h1-4,7H,(H,15,16). The van der Waals surface area contributed by atoms with Crippen LogP contribution in [-0.2, 0) is 4.79 Å². The minimum Gasteiger partial charge on any atom is -0.480 e. The zero-order valence-corrected chi connectivity index (χ0v) is 8.23. The molecule has 0 aliphatic rings. The number of rotatable bonds is 3. The molecule has 7 heteroatoms. The first-order valence-electron chi connectivity index (χ1n) is 4.32. The van der Waals surface area contributed by atoms with Gasteiger partial charge in [0.05, 0.1) is 6.07 Å². The Hall–Kier alpha value is -2.23. The Balaban J connectivity index is 3.16. The van der Waals surface area contributed by atoms with Crippen molar-refractivity contribution < 1.29 is 27.8 Å². The van der Waals surface area contributed by atoms with Crippen LogP contribution >= 0.6 is 0 Å². The van der Waals surface area contributed by atoms with Gasteiger partial charge in [-0.1, -0.05) is 18.2 Å². The van der Waals surface area contributed by atoms with E-state index in [0.29, 0.717) is 0 Å². The molecule has 0 bridgehead atoms. The molecule has 1 unspecified atom stereocenters. The predicted molar refractivity (Wildman–Crippen MR) is 49.1 cm³/mol. The number of carboxylic acids is 1. The van der Waals surface area contributed by atoms with E-state index in [9.17, 15) is 18.0 Å². The van der Waals surface area contributed by atoms with Gasteiger partial charge in [0.15, 0.2) is 5.92 Å². The lowest BCUT2D eigenvalue weighted by Gasteiger charge is -2.14. The number of ether oxygens (including phenoxy) is 1. The molecule has 0 aromatic heterocycles. The van der Waals surface area contributed by atoms with Crippen molar-refractivity contribution in [3.8, 4) is 11.8 Å². The Bertz CT molecular complexity index is 465. The molecule has 0 aliphatic heterocycles. The predicted octanol–water partition coefficient (Wildman–Crippen LogP) is 2.28. The van der Waals surface area contributed by atoms with Gasteiger partial charge in [-0.2, -0.15) is 5.26 Å². The van der Waals surface area contributed by atoms with Crippen molar-refractivity contribution in [2.24, 2.45) is 0 Å². The average molecular weight is 245 g/mol. The molecule has 1 aromatic carbocycles. The van der Waals surface area contributed by atoms with E-state index in [0.717, 1.165) is 12.1 Å². The number of halogens is 3. The van der Waals surface area contributed by atoms with E-state index in [1.54, 1.807) is 0 Å². The fraction of sp³-hybridized carbons (Fsp3) is 0.200. The summed E-state index contributed by atoms with van der Waals surface area (Å²) in [7, 11) is 0. The molecule has 0 aliphatic carbocycles. The van der Waals surface area contributed by atoms with Crippen molar-refractivity contribution in [3.63, 3.8) is 0 Å². The zero-order chi connectivity index (χ0) is 13.1. The van der Waals surface area contributed by atoms with E-state index in [1.165, 1.54) is 18.2 Å². The van der Waals surface area contributed by atoms with Crippen LogP contribution in [0.25, 0.3) is 0 Å². The summed E-state index contributed by atoms with van der Waals surface area (Å²) in [6.07, 6.45) is -4.94. The lowest BCUT2D eigenvalue weighted by Crippen LogP contribution is -2.20. The highest BCUT2D eigenvalue weighted by Gasteiger charge is 2.34. The topological polar surface area (TPSA) is 70.3 Å². The summed E-state index contributed by atoms with van der Waals surface area (Å²) in [6.45, 7) is 0. The number of benzene rings is 1.